The fraction of sp³-hybridized carbons (Fsp3) is 0.235. The molecule has 1 aliphatic rings. The summed E-state index contributed by atoms with van der Waals surface area (Å²) in [7, 11) is 1.69. The lowest BCUT2D eigenvalue weighted by molar-refractivity contribution is 0.413. The Hall–Kier alpha value is -1.99. The summed E-state index contributed by atoms with van der Waals surface area (Å²) in [6, 6.07) is 14.2. The first-order valence-electron chi connectivity index (χ1n) is 6.81. The molecule has 2 aromatic rings. The molecule has 0 N–H and O–H groups in total. The van der Waals surface area contributed by atoms with Crippen molar-refractivity contribution in [1.29, 1.82) is 5.26 Å². The predicted molar refractivity (Wildman–Crippen MR) is 86.6 cm³/mol. The fourth-order valence-corrected chi connectivity index (χ4v) is 3.33. The summed E-state index contributed by atoms with van der Waals surface area (Å²) in [5.41, 5.74) is 4.49. The molecule has 2 aromatic carbocycles. The van der Waals surface area contributed by atoms with Gasteiger partial charge < -0.3 is 9.64 Å². The molecule has 0 saturated heterocycles. The van der Waals surface area contributed by atoms with Crippen LogP contribution in [0.15, 0.2) is 40.9 Å². The summed E-state index contributed by atoms with van der Waals surface area (Å²) in [5, 5.41) is 8.95. The quantitative estimate of drug-likeness (QED) is 0.830. The van der Waals surface area contributed by atoms with Gasteiger partial charge >= 0.3 is 0 Å². The molecule has 106 valence electrons. The van der Waals surface area contributed by atoms with Gasteiger partial charge in [-0.2, -0.15) is 5.26 Å². The van der Waals surface area contributed by atoms with E-state index in [2.05, 4.69) is 39.0 Å². The number of methoxy groups -OCH3 is 1. The number of hydrogen-bond donors (Lipinski definition) is 0. The Balaban J connectivity index is 1.90. The summed E-state index contributed by atoms with van der Waals surface area (Å²) < 4.78 is 6.28. The number of nitriles is 1. The van der Waals surface area contributed by atoms with E-state index in [1.165, 1.54) is 11.1 Å². The van der Waals surface area contributed by atoms with Crippen LogP contribution in [-0.2, 0) is 13.0 Å². The molecule has 0 aliphatic carbocycles. The highest BCUT2D eigenvalue weighted by molar-refractivity contribution is 9.10. The van der Waals surface area contributed by atoms with Gasteiger partial charge in [0.05, 0.1) is 24.4 Å². The van der Waals surface area contributed by atoms with Crippen LogP contribution in [0.5, 0.6) is 5.75 Å². The molecular formula is C17H15BrN2O. The van der Waals surface area contributed by atoms with E-state index in [9.17, 15) is 0 Å². The van der Waals surface area contributed by atoms with Crippen molar-refractivity contribution in [2.24, 2.45) is 0 Å². The molecular weight excluding hydrogens is 328 g/mol. The summed E-state index contributed by atoms with van der Waals surface area (Å²) in [4.78, 5) is 2.33. The molecule has 3 nitrogen and oxygen atoms in total. The summed E-state index contributed by atoms with van der Waals surface area (Å²) in [6.45, 7) is 1.83. The zero-order chi connectivity index (χ0) is 14.8. The van der Waals surface area contributed by atoms with Crippen LogP contribution in [0.1, 0.15) is 16.7 Å². The van der Waals surface area contributed by atoms with Crippen LogP contribution in [0, 0.1) is 11.3 Å². The van der Waals surface area contributed by atoms with Gasteiger partial charge in [-0.3, -0.25) is 0 Å². The van der Waals surface area contributed by atoms with Crippen LogP contribution >= 0.6 is 15.9 Å². The van der Waals surface area contributed by atoms with Gasteiger partial charge in [0.2, 0.25) is 0 Å². The van der Waals surface area contributed by atoms with Crippen molar-refractivity contribution in [3.8, 4) is 11.8 Å². The first kappa shape index (κ1) is 14.0. The van der Waals surface area contributed by atoms with E-state index >= 15 is 0 Å². The topological polar surface area (TPSA) is 36.3 Å². The smallest absolute Gasteiger partial charge is 0.119 e. The molecule has 0 radical (unpaired) electrons. The lowest BCUT2D eigenvalue weighted by Gasteiger charge is -2.31. The number of ether oxygens (including phenoxy) is 1. The highest BCUT2D eigenvalue weighted by atomic mass is 79.9. The molecule has 1 heterocycles. The third-order valence-corrected chi connectivity index (χ3v) is 4.48. The van der Waals surface area contributed by atoms with Crippen molar-refractivity contribution < 1.29 is 4.74 Å². The van der Waals surface area contributed by atoms with Gasteiger partial charge in [0.1, 0.15) is 5.75 Å². The normalized spacial score (nSPS) is 13.5. The maximum absolute atomic E-state index is 8.95. The zero-order valence-corrected chi connectivity index (χ0v) is 13.4. The molecule has 0 amide bonds. The number of nitrogens with zero attached hydrogens (tertiary/aromatic N) is 2. The second-order valence-electron chi connectivity index (χ2n) is 5.08. The third-order valence-electron chi connectivity index (χ3n) is 3.84. The van der Waals surface area contributed by atoms with Crippen LogP contribution < -0.4 is 9.64 Å². The number of halogens is 1. The molecule has 4 heteroatoms. The second kappa shape index (κ2) is 5.79. The molecule has 0 saturated carbocycles. The number of anilines is 1. The standard InChI is InChI=1S/C17H15BrN2O/c1-21-15-4-3-13-6-7-20(11-14(13)9-15)17-5-2-12(10-19)8-16(17)18/h2-5,8-9H,6-7,11H2,1H3. The highest BCUT2D eigenvalue weighted by Crippen LogP contribution is 2.32. The second-order valence-corrected chi connectivity index (χ2v) is 5.94. The Morgan fingerprint density at radius 1 is 1.19 bits per heavy atom. The lowest BCUT2D eigenvalue weighted by Crippen LogP contribution is -2.30. The molecule has 0 spiro atoms. The molecule has 21 heavy (non-hydrogen) atoms. The summed E-state index contributed by atoms with van der Waals surface area (Å²) in [6.07, 6.45) is 1.02. The molecule has 0 bridgehead atoms. The van der Waals surface area contributed by atoms with Crippen LogP contribution in [0.2, 0.25) is 0 Å². The van der Waals surface area contributed by atoms with Crippen LogP contribution in [0.4, 0.5) is 5.69 Å². The fourth-order valence-electron chi connectivity index (χ4n) is 2.70. The van der Waals surface area contributed by atoms with Crippen LogP contribution in [0.25, 0.3) is 0 Å². The summed E-state index contributed by atoms with van der Waals surface area (Å²) >= 11 is 3.57. The number of hydrogen-bond acceptors (Lipinski definition) is 3. The minimum Gasteiger partial charge on any atom is -0.497 e. The van der Waals surface area contributed by atoms with Gasteiger partial charge in [-0.05, 0) is 63.8 Å². The first-order valence-corrected chi connectivity index (χ1v) is 7.61. The maximum Gasteiger partial charge on any atom is 0.119 e. The van der Waals surface area contributed by atoms with E-state index < -0.39 is 0 Å². The average Bonchev–Trinajstić information content (AvgIpc) is 2.53. The SMILES string of the molecule is COc1ccc2c(c1)CN(c1ccc(C#N)cc1Br)CC2. The van der Waals surface area contributed by atoms with E-state index in [4.69, 9.17) is 10.00 Å². The molecule has 0 unspecified atom stereocenters. The van der Waals surface area contributed by atoms with E-state index in [1.807, 2.05) is 24.3 Å². The summed E-state index contributed by atoms with van der Waals surface area (Å²) in [5.74, 6) is 0.898. The van der Waals surface area contributed by atoms with Crippen molar-refractivity contribution in [2.45, 2.75) is 13.0 Å². The van der Waals surface area contributed by atoms with Gasteiger partial charge in [-0.1, -0.05) is 6.07 Å². The van der Waals surface area contributed by atoms with Crippen molar-refractivity contribution >= 4 is 21.6 Å². The number of fused-ring (bicyclic) bond motifs is 1. The van der Waals surface area contributed by atoms with E-state index in [0.717, 1.165) is 35.4 Å². The van der Waals surface area contributed by atoms with Gasteiger partial charge in [0, 0.05) is 17.6 Å². The Kier molecular flexibility index (Phi) is 3.85. The van der Waals surface area contributed by atoms with Gasteiger partial charge in [0.25, 0.3) is 0 Å². The van der Waals surface area contributed by atoms with Gasteiger partial charge in [-0.15, -0.1) is 0 Å². The Labute approximate surface area is 132 Å². The van der Waals surface area contributed by atoms with Crippen molar-refractivity contribution in [3.05, 3.63) is 57.6 Å². The maximum atomic E-state index is 8.95. The minimum absolute atomic E-state index is 0.671. The third kappa shape index (κ3) is 2.74. The van der Waals surface area contributed by atoms with Gasteiger partial charge in [-0.25, -0.2) is 0 Å². The van der Waals surface area contributed by atoms with E-state index in [0.29, 0.717) is 5.56 Å². The Bertz CT molecular complexity index is 721. The number of rotatable bonds is 2. The Morgan fingerprint density at radius 3 is 2.76 bits per heavy atom. The van der Waals surface area contributed by atoms with Gasteiger partial charge in [0.15, 0.2) is 0 Å². The zero-order valence-electron chi connectivity index (χ0n) is 11.8. The van der Waals surface area contributed by atoms with Crippen LogP contribution in [0.3, 0.4) is 0 Å². The minimum atomic E-state index is 0.671. The van der Waals surface area contributed by atoms with Crippen molar-refractivity contribution in [2.75, 3.05) is 18.6 Å². The molecule has 1 aliphatic heterocycles. The average molecular weight is 343 g/mol. The van der Waals surface area contributed by atoms with Crippen molar-refractivity contribution in [3.63, 3.8) is 0 Å². The van der Waals surface area contributed by atoms with Crippen molar-refractivity contribution in [1.82, 2.24) is 0 Å². The lowest BCUT2D eigenvalue weighted by atomic mass is 9.99. The highest BCUT2D eigenvalue weighted by Gasteiger charge is 2.19. The largest absolute Gasteiger partial charge is 0.497 e. The molecule has 0 atom stereocenters. The molecule has 3 rings (SSSR count). The number of benzene rings is 2. The van der Waals surface area contributed by atoms with E-state index in [-0.39, 0.29) is 0 Å². The monoisotopic (exact) mass is 342 g/mol. The Morgan fingerprint density at radius 2 is 2.05 bits per heavy atom. The van der Waals surface area contributed by atoms with E-state index in [1.54, 1.807) is 7.11 Å². The predicted octanol–water partition coefficient (Wildman–Crippen LogP) is 3.89. The first-order chi connectivity index (χ1) is 10.2. The molecule has 0 aromatic heterocycles. The van der Waals surface area contributed by atoms with Crippen LogP contribution in [-0.4, -0.2) is 13.7 Å². The molecule has 0 fully saturated rings.